The van der Waals surface area contributed by atoms with Gasteiger partial charge in [0.05, 0.1) is 26.4 Å². The molecule has 0 aromatic carbocycles. The van der Waals surface area contributed by atoms with Crippen LogP contribution in [0.2, 0.25) is 0 Å². The number of aliphatic hydroxyl groups is 1. The number of carbonyl (C=O) groups excluding carboxylic acids is 4. The third-order valence-electron chi connectivity index (χ3n) is 17.2. The van der Waals surface area contributed by atoms with Crippen LogP contribution in [0.15, 0.2) is 0 Å². The molecule has 0 rings (SSSR count). The molecule has 0 aliphatic heterocycles. The Bertz CT molecular complexity index is 1820. The Kier molecular flexibility index (Phi) is 61.3. The fourth-order valence-electron chi connectivity index (χ4n) is 11.0. The van der Waals surface area contributed by atoms with E-state index in [4.69, 9.17) is 37.0 Å². The Labute approximate surface area is 562 Å². The van der Waals surface area contributed by atoms with E-state index in [0.29, 0.717) is 31.6 Å². The van der Waals surface area contributed by atoms with Gasteiger partial charge in [0.1, 0.15) is 19.3 Å². The summed E-state index contributed by atoms with van der Waals surface area (Å²) in [5.41, 5.74) is 0. The Morgan fingerprint density at radius 3 is 0.772 bits per heavy atom. The second-order valence-corrected chi connectivity index (χ2v) is 30.9. The minimum absolute atomic E-state index is 0.103. The highest BCUT2D eigenvalue weighted by Crippen LogP contribution is 2.45. The highest BCUT2D eigenvalue weighted by atomic mass is 31.2. The van der Waals surface area contributed by atoms with Crippen molar-refractivity contribution in [3.63, 3.8) is 0 Å². The summed E-state index contributed by atoms with van der Waals surface area (Å²) in [7, 11) is -9.91. The molecule has 0 aromatic rings. The van der Waals surface area contributed by atoms with Crippen LogP contribution < -0.4 is 0 Å². The third-order valence-corrected chi connectivity index (χ3v) is 19.1. The van der Waals surface area contributed by atoms with Gasteiger partial charge in [0, 0.05) is 25.7 Å². The predicted molar refractivity (Wildman–Crippen MR) is 372 cm³/mol. The standard InChI is InChI=1S/C73H142O17P2/c1-9-66(8)52-44-36-27-23-24-30-40-48-56-73(78)90-69(60-84-71(76)54-46-38-32-31-35-43-51-65(6)7)62-88-92(81,82)86-58-67(74)57-85-91(79,80)87-61-68(59-83-70(75)53-45-37-28-22-18-20-26-34-42-50-64(4)5)89-72(77)55-47-39-29-21-17-15-13-11-10-12-14-16-19-25-33-41-49-63(2)3/h63-69,74H,9-62H2,1-8H3,(H,79,80)(H,81,82)/t66?,67-,68-,69-/m1/s1. The lowest BCUT2D eigenvalue weighted by Crippen LogP contribution is -2.30. The van der Waals surface area contributed by atoms with Crippen LogP contribution in [0.1, 0.15) is 364 Å². The lowest BCUT2D eigenvalue weighted by atomic mass is 9.99. The van der Waals surface area contributed by atoms with Crippen molar-refractivity contribution in [2.45, 2.75) is 382 Å². The summed E-state index contributed by atoms with van der Waals surface area (Å²) in [4.78, 5) is 72.6. The van der Waals surface area contributed by atoms with E-state index in [2.05, 4.69) is 55.4 Å². The molecule has 17 nitrogen and oxygen atoms in total. The summed E-state index contributed by atoms with van der Waals surface area (Å²) in [5, 5.41) is 10.6. The number of phosphoric ester groups is 2. The summed E-state index contributed by atoms with van der Waals surface area (Å²) in [6.07, 6.45) is 46.0. The first-order valence-electron chi connectivity index (χ1n) is 37.7. The van der Waals surface area contributed by atoms with E-state index < -0.39 is 97.5 Å². The fraction of sp³-hybridized carbons (Fsp3) is 0.945. The molecule has 92 heavy (non-hydrogen) atoms. The van der Waals surface area contributed by atoms with E-state index in [0.717, 1.165) is 114 Å². The highest BCUT2D eigenvalue weighted by molar-refractivity contribution is 7.47. The van der Waals surface area contributed by atoms with Crippen LogP contribution in [-0.2, 0) is 65.4 Å². The molecule has 0 heterocycles. The molecule has 0 aliphatic rings. The molecule has 546 valence electrons. The molecule has 0 amide bonds. The Morgan fingerprint density at radius 2 is 0.522 bits per heavy atom. The van der Waals surface area contributed by atoms with E-state index in [1.807, 2.05) is 0 Å². The van der Waals surface area contributed by atoms with Crippen molar-refractivity contribution >= 4 is 39.5 Å². The van der Waals surface area contributed by atoms with Crippen molar-refractivity contribution in [3.8, 4) is 0 Å². The summed E-state index contributed by atoms with van der Waals surface area (Å²) < 4.78 is 68.4. The monoisotopic (exact) mass is 1350 g/mol. The largest absolute Gasteiger partial charge is 0.472 e. The quantitative estimate of drug-likeness (QED) is 0.0222. The number of hydrogen-bond acceptors (Lipinski definition) is 15. The third kappa shape index (κ3) is 65.4. The van der Waals surface area contributed by atoms with Gasteiger partial charge in [-0.15, -0.1) is 0 Å². The van der Waals surface area contributed by atoms with Crippen LogP contribution in [0.5, 0.6) is 0 Å². The second kappa shape index (κ2) is 62.6. The fourth-order valence-corrected chi connectivity index (χ4v) is 12.6. The summed E-state index contributed by atoms with van der Waals surface area (Å²) >= 11 is 0. The molecular formula is C73H142O17P2. The maximum atomic E-state index is 13.1. The van der Waals surface area contributed by atoms with Gasteiger partial charge < -0.3 is 33.8 Å². The average Bonchev–Trinajstić information content (AvgIpc) is 1.97. The number of esters is 4. The molecule has 0 aliphatic carbocycles. The van der Waals surface area contributed by atoms with Gasteiger partial charge in [-0.3, -0.25) is 37.3 Å². The summed E-state index contributed by atoms with van der Waals surface area (Å²) in [5.74, 6) is 0.873. The number of unbranched alkanes of at least 4 members (excludes halogenated alkanes) is 35. The Hall–Kier alpha value is -1.94. The van der Waals surface area contributed by atoms with Crippen molar-refractivity contribution < 1.29 is 80.2 Å². The minimum atomic E-state index is -4.96. The number of phosphoric acid groups is 2. The van der Waals surface area contributed by atoms with E-state index in [1.54, 1.807) is 0 Å². The van der Waals surface area contributed by atoms with Gasteiger partial charge in [0.15, 0.2) is 12.2 Å². The zero-order valence-electron chi connectivity index (χ0n) is 60.2. The number of ether oxygens (including phenoxy) is 4. The maximum Gasteiger partial charge on any atom is 0.472 e. The molecule has 0 radical (unpaired) electrons. The second-order valence-electron chi connectivity index (χ2n) is 28.0. The highest BCUT2D eigenvalue weighted by Gasteiger charge is 2.30. The molecule has 0 fully saturated rings. The molecule has 0 aromatic heterocycles. The van der Waals surface area contributed by atoms with Crippen LogP contribution in [0.4, 0.5) is 0 Å². The van der Waals surface area contributed by atoms with Crippen molar-refractivity contribution in [2.75, 3.05) is 39.6 Å². The van der Waals surface area contributed by atoms with Crippen LogP contribution in [0.3, 0.4) is 0 Å². The van der Waals surface area contributed by atoms with Crippen LogP contribution in [-0.4, -0.2) is 96.7 Å². The lowest BCUT2D eigenvalue weighted by molar-refractivity contribution is -0.161. The molecule has 0 spiro atoms. The molecular weight excluding hydrogens is 1210 g/mol. The predicted octanol–water partition coefficient (Wildman–Crippen LogP) is 20.9. The van der Waals surface area contributed by atoms with Gasteiger partial charge in [0.25, 0.3) is 0 Å². The van der Waals surface area contributed by atoms with Gasteiger partial charge >= 0.3 is 39.5 Å². The molecule has 3 N–H and O–H groups in total. The van der Waals surface area contributed by atoms with E-state index in [1.165, 1.54) is 161 Å². The molecule has 0 bridgehead atoms. The normalized spacial score (nSPS) is 14.5. The topological polar surface area (TPSA) is 237 Å². The number of hydrogen-bond donors (Lipinski definition) is 3. The molecule has 6 atom stereocenters. The number of rotatable bonds is 70. The Balaban J connectivity index is 5.22. The van der Waals surface area contributed by atoms with Gasteiger partial charge in [-0.25, -0.2) is 9.13 Å². The molecule has 0 saturated heterocycles. The van der Waals surface area contributed by atoms with Crippen LogP contribution in [0, 0.1) is 23.7 Å². The van der Waals surface area contributed by atoms with Gasteiger partial charge in [-0.1, -0.05) is 312 Å². The lowest BCUT2D eigenvalue weighted by Gasteiger charge is -2.21. The van der Waals surface area contributed by atoms with Gasteiger partial charge in [-0.2, -0.15) is 0 Å². The van der Waals surface area contributed by atoms with Crippen molar-refractivity contribution in [2.24, 2.45) is 23.7 Å². The van der Waals surface area contributed by atoms with Crippen molar-refractivity contribution in [1.29, 1.82) is 0 Å². The summed E-state index contributed by atoms with van der Waals surface area (Å²) in [6.45, 7) is 14.1. The number of aliphatic hydroxyl groups excluding tert-OH is 1. The van der Waals surface area contributed by atoms with Gasteiger partial charge in [-0.05, 0) is 49.4 Å². The molecule has 19 heteroatoms. The summed E-state index contributed by atoms with van der Waals surface area (Å²) in [6, 6.07) is 0. The maximum absolute atomic E-state index is 13.1. The van der Waals surface area contributed by atoms with Crippen molar-refractivity contribution in [3.05, 3.63) is 0 Å². The Morgan fingerprint density at radius 1 is 0.304 bits per heavy atom. The van der Waals surface area contributed by atoms with Crippen molar-refractivity contribution in [1.82, 2.24) is 0 Å². The first kappa shape index (κ1) is 90.1. The van der Waals surface area contributed by atoms with Crippen LogP contribution >= 0.6 is 15.6 Å². The van der Waals surface area contributed by atoms with Crippen LogP contribution in [0.25, 0.3) is 0 Å². The zero-order valence-corrected chi connectivity index (χ0v) is 62.0. The minimum Gasteiger partial charge on any atom is -0.462 e. The molecule has 0 saturated carbocycles. The number of carbonyl (C=O) groups is 4. The smallest absolute Gasteiger partial charge is 0.462 e. The van der Waals surface area contributed by atoms with E-state index >= 15 is 0 Å². The first-order valence-corrected chi connectivity index (χ1v) is 40.7. The van der Waals surface area contributed by atoms with E-state index in [-0.39, 0.29) is 25.7 Å². The van der Waals surface area contributed by atoms with Gasteiger partial charge in [0.2, 0.25) is 0 Å². The zero-order chi connectivity index (χ0) is 68.2. The SMILES string of the molecule is CCC(C)CCCCCCCCCCC(=O)O[C@H](COC(=O)CCCCCCCCC(C)C)COP(=O)(O)OC[C@H](O)COP(=O)(O)OC[C@@H](COC(=O)CCCCCCCCCCCC(C)C)OC(=O)CCCCCCCCCCCCCCCCCCC(C)C. The average molecular weight is 1350 g/mol. The first-order chi connectivity index (χ1) is 44.1. The molecule has 3 unspecified atom stereocenters. The van der Waals surface area contributed by atoms with E-state index in [9.17, 15) is 43.2 Å².